The molecule has 8 nitrogen and oxygen atoms in total. The molecule has 1 aromatic heterocycles. The fourth-order valence-electron chi connectivity index (χ4n) is 4.60. The molecule has 3 aliphatic rings. The Balaban J connectivity index is 1.29. The van der Waals surface area contributed by atoms with Gasteiger partial charge in [0.25, 0.3) is 5.91 Å². The van der Waals surface area contributed by atoms with Gasteiger partial charge in [0.15, 0.2) is 0 Å². The summed E-state index contributed by atoms with van der Waals surface area (Å²) in [5.41, 5.74) is 4.45. The fraction of sp³-hybridized carbons (Fsp3) is 0.391. The monoisotopic (exact) mass is 419 g/mol. The van der Waals surface area contributed by atoms with Gasteiger partial charge in [-0.25, -0.2) is 9.99 Å². The zero-order valence-corrected chi connectivity index (χ0v) is 17.2. The van der Waals surface area contributed by atoms with Crippen LogP contribution in [0.2, 0.25) is 0 Å². The molecule has 1 fully saturated rings. The van der Waals surface area contributed by atoms with E-state index in [1.165, 1.54) is 5.01 Å². The van der Waals surface area contributed by atoms with Gasteiger partial charge in [-0.2, -0.15) is 0 Å². The van der Waals surface area contributed by atoms with Crippen LogP contribution in [0.15, 0.2) is 42.6 Å². The molecule has 160 valence electrons. The number of fused-ring (bicyclic) bond motifs is 2. The number of hydrogen-bond donors (Lipinski definition) is 2. The first-order chi connectivity index (χ1) is 15.1. The van der Waals surface area contributed by atoms with E-state index in [2.05, 4.69) is 20.3 Å². The molecule has 0 saturated carbocycles. The van der Waals surface area contributed by atoms with Crippen LogP contribution in [-0.2, 0) is 29.1 Å². The SMILES string of the molecule is O=C(NCc1cn2c(n1)CCCC2)c1cccc(N2NC(=O)C3CC=CCC3C2=O)c1. The molecule has 3 heterocycles. The summed E-state index contributed by atoms with van der Waals surface area (Å²) in [6, 6.07) is 6.76. The highest BCUT2D eigenvalue weighted by Gasteiger charge is 2.42. The Morgan fingerprint density at radius 2 is 2.00 bits per heavy atom. The highest BCUT2D eigenvalue weighted by molar-refractivity contribution is 6.05. The molecule has 0 radical (unpaired) electrons. The summed E-state index contributed by atoms with van der Waals surface area (Å²) in [6.45, 7) is 1.32. The van der Waals surface area contributed by atoms with E-state index in [1.54, 1.807) is 24.3 Å². The van der Waals surface area contributed by atoms with Crippen LogP contribution in [0.25, 0.3) is 0 Å². The van der Waals surface area contributed by atoms with Crippen molar-refractivity contribution in [2.75, 3.05) is 5.01 Å². The highest BCUT2D eigenvalue weighted by atomic mass is 16.2. The summed E-state index contributed by atoms with van der Waals surface area (Å²) in [5, 5.41) is 4.19. The van der Waals surface area contributed by atoms with E-state index in [-0.39, 0.29) is 29.6 Å². The van der Waals surface area contributed by atoms with Crippen LogP contribution in [0, 0.1) is 11.8 Å². The number of amides is 3. The van der Waals surface area contributed by atoms with Crippen LogP contribution >= 0.6 is 0 Å². The van der Waals surface area contributed by atoms with E-state index in [9.17, 15) is 14.4 Å². The predicted molar refractivity (Wildman–Crippen MR) is 114 cm³/mol. The Morgan fingerprint density at radius 1 is 1.16 bits per heavy atom. The number of aromatic nitrogens is 2. The number of benzene rings is 1. The molecular weight excluding hydrogens is 394 g/mol. The second-order valence-electron chi connectivity index (χ2n) is 8.34. The number of allylic oxidation sites excluding steroid dienone is 2. The Bertz CT molecular complexity index is 1050. The number of aryl methyl sites for hydroxylation is 2. The second-order valence-corrected chi connectivity index (χ2v) is 8.34. The van der Waals surface area contributed by atoms with Crippen LogP contribution in [0.5, 0.6) is 0 Å². The third-order valence-corrected chi connectivity index (χ3v) is 6.28. The van der Waals surface area contributed by atoms with E-state index in [1.807, 2.05) is 18.3 Å². The minimum absolute atomic E-state index is 0.143. The van der Waals surface area contributed by atoms with Crippen LogP contribution < -0.4 is 15.8 Å². The molecule has 31 heavy (non-hydrogen) atoms. The second kappa shape index (κ2) is 8.02. The largest absolute Gasteiger partial charge is 0.346 e. The van der Waals surface area contributed by atoms with Crippen molar-refractivity contribution in [1.29, 1.82) is 0 Å². The van der Waals surface area contributed by atoms with Crippen molar-refractivity contribution in [1.82, 2.24) is 20.3 Å². The first kappa shape index (κ1) is 19.5. The molecule has 5 rings (SSSR count). The highest BCUT2D eigenvalue weighted by Crippen LogP contribution is 2.32. The topological polar surface area (TPSA) is 96.3 Å². The summed E-state index contributed by atoms with van der Waals surface area (Å²) in [4.78, 5) is 42.8. The molecule has 2 aliphatic heterocycles. The number of carbonyl (C=O) groups excluding carboxylic acids is 3. The van der Waals surface area contributed by atoms with Crippen molar-refractivity contribution in [2.24, 2.45) is 11.8 Å². The number of nitrogens with zero attached hydrogens (tertiary/aromatic N) is 3. The quantitative estimate of drug-likeness (QED) is 0.742. The van der Waals surface area contributed by atoms with E-state index in [0.29, 0.717) is 30.6 Å². The summed E-state index contributed by atoms with van der Waals surface area (Å²) < 4.78 is 2.16. The maximum Gasteiger partial charge on any atom is 0.251 e. The summed E-state index contributed by atoms with van der Waals surface area (Å²) in [5.74, 6) is -0.151. The molecular formula is C23H25N5O3. The Labute approximate surface area is 180 Å². The van der Waals surface area contributed by atoms with Gasteiger partial charge in [0.2, 0.25) is 11.8 Å². The van der Waals surface area contributed by atoms with Crippen LogP contribution in [0.1, 0.15) is 47.6 Å². The Hall–Kier alpha value is -3.42. The van der Waals surface area contributed by atoms with Gasteiger partial charge in [-0.05, 0) is 43.9 Å². The molecule has 2 aromatic rings. The van der Waals surface area contributed by atoms with Gasteiger partial charge in [-0.3, -0.25) is 19.8 Å². The summed E-state index contributed by atoms with van der Waals surface area (Å²) in [6.07, 6.45) is 10.3. The van der Waals surface area contributed by atoms with Crippen LogP contribution in [0.3, 0.4) is 0 Å². The van der Waals surface area contributed by atoms with Crippen molar-refractivity contribution in [3.63, 3.8) is 0 Å². The maximum absolute atomic E-state index is 13.0. The Morgan fingerprint density at radius 3 is 2.84 bits per heavy atom. The van der Waals surface area contributed by atoms with Gasteiger partial charge in [-0.1, -0.05) is 18.2 Å². The molecule has 1 aromatic carbocycles. The zero-order chi connectivity index (χ0) is 21.4. The lowest BCUT2D eigenvalue weighted by Gasteiger charge is -2.38. The minimum Gasteiger partial charge on any atom is -0.346 e. The molecule has 1 aliphatic carbocycles. The number of anilines is 1. The van der Waals surface area contributed by atoms with E-state index in [4.69, 9.17) is 0 Å². The average Bonchev–Trinajstić information content (AvgIpc) is 3.23. The van der Waals surface area contributed by atoms with Crippen molar-refractivity contribution >= 4 is 23.4 Å². The van der Waals surface area contributed by atoms with Crippen molar-refractivity contribution < 1.29 is 14.4 Å². The van der Waals surface area contributed by atoms with Crippen LogP contribution in [0.4, 0.5) is 5.69 Å². The normalized spacial score (nSPS) is 22.5. The maximum atomic E-state index is 13.0. The van der Waals surface area contributed by atoms with E-state index in [0.717, 1.165) is 37.3 Å². The van der Waals surface area contributed by atoms with Gasteiger partial charge in [0.1, 0.15) is 5.82 Å². The number of imidazole rings is 1. The molecule has 2 unspecified atom stereocenters. The molecule has 3 amide bonds. The summed E-state index contributed by atoms with van der Waals surface area (Å²) in [7, 11) is 0. The molecule has 2 N–H and O–H groups in total. The van der Waals surface area contributed by atoms with Crippen molar-refractivity contribution in [3.05, 3.63) is 59.7 Å². The van der Waals surface area contributed by atoms with Gasteiger partial charge in [0, 0.05) is 24.7 Å². The van der Waals surface area contributed by atoms with Gasteiger partial charge in [0.05, 0.1) is 29.8 Å². The first-order valence-corrected chi connectivity index (χ1v) is 10.8. The predicted octanol–water partition coefficient (Wildman–Crippen LogP) is 2.11. The van der Waals surface area contributed by atoms with Crippen molar-refractivity contribution in [3.8, 4) is 0 Å². The van der Waals surface area contributed by atoms with Crippen molar-refractivity contribution in [2.45, 2.75) is 45.2 Å². The lowest BCUT2D eigenvalue weighted by atomic mass is 9.80. The number of carbonyl (C=O) groups is 3. The van der Waals surface area contributed by atoms with E-state index >= 15 is 0 Å². The first-order valence-electron chi connectivity index (χ1n) is 10.8. The molecule has 8 heteroatoms. The average molecular weight is 419 g/mol. The number of rotatable bonds is 4. The third-order valence-electron chi connectivity index (χ3n) is 6.28. The lowest BCUT2D eigenvalue weighted by Crippen LogP contribution is -2.59. The molecule has 0 spiro atoms. The minimum atomic E-state index is -0.358. The number of hydrazine groups is 1. The standard InChI is InChI=1S/C23H25N5O3/c29-21(24-13-16-14-27-11-4-3-10-20(27)25-16)15-6-5-7-17(12-15)28-23(31)19-9-2-1-8-18(19)22(30)26-28/h1-2,5-7,12,14,18-19H,3-4,8-11,13H2,(H,24,29)(H,26,30). The van der Waals surface area contributed by atoms with Crippen LogP contribution in [-0.4, -0.2) is 27.3 Å². The molecule has 1 saturated heterocycles. The molecule has 0 bridgehead atoms. The smallest absolute Gasteiger partial charge is 0.251 e. The number of nitrogens with one attached hydrogen (secondary N) is 2. The van der Waals surface area contributed by atoms with Gasteiger partial charge < -0.3 is 9.88 Å². The zero-order valence-electron chi connectivity index (χ0n) is 17.2. The number of hydrogen-bond acceptors (Lipinski definition) is 4. The van der Waals surface area contributed by atoms with Gasteiger partial charge >= 0.3 is 0 Å². The van der Waals surface area contributed by atoms with Gasteiger partial charge in [-0.15, -0.1) is 0 Å². The summed E-state index contributed by atoms with van der Waals surface area (Å²) >= 11 is 0. The Kier molecular flexibility index (Phi) is 5.05. The van der Waals surface area contributed by atoms with E-state index < -0.39 is 0 Å². The molecule has 2 atom stereocenters. The third kappa shape index (κ3) is 3.73. The fourth-order valence-corrected chi connectivity index (χ4v) is 4.60. The lowest BCUT2D eigenvalue weighted by molar-refractivity contribution is -0.139.